The SMILES string of the molecule is O=Cc1cccn1C1CCS(=O)CC1. The number of nitrogens with zero attached hydrogens (tertiary/aromatic N) is 1. The van der Waals surface area contributed by atoms with Crippen LogP contribution in [0.4, 0.5) is 0 Å². The fraction of sp³-hybridized carbons (Fsp3) is 0.500. The van der Waals surface area contributed by atoms with Crippen molar-refractivity contribution in [3.8, 4) is 0 Å². The molecule has 3 nitrogen and oxygen atoms in total. The number of rotatable bonds is 2. The topological polar surface area (TPSA) is 39.1 Å². The second-order valence-electron chi connectivity index (χ2n) is 3.54. The molecule has 0 aliphatic carbocycles. The lowest BCUT2D eigenvalue weighted by atomic mass is 10.1. The first-order valence-corrected chi connectivity index (χ1v) is 6.27. The molecule has 1 saturated heterocycles. The van der Waals surface area contributed by atoms with Crippen LogP contribution in [0, 0.1) is 0 Å². The maximum atomic E-state index is 11.2. The number of carbonyl (C=O) groups excluding carboxylic acids is 1. The van der Waals surface area contributed by atoms with Gasteiger partial charge < -0.3 is 4.57 Å². The van der Waals surface area contributed by atoms with Gasteiger partial charge in [-0.15, -0.1) is 0 Å². The first-order valence-electron chi connectivity index (χ1n) is 4.78. The lowest BCUT2D eigenvalue weighted by Gasteiger charge is -2.23. The molecule has 0 aromatic carbocycles. The molecule has 1 aliphatic rings. The number of hydrogen-bond donors (Lipinski definition) is 0. The van der Waals surface area contributed by atoms with Gasteiger partial charge in [0, 0.05) is 34.5 Å². The molecule has 1 aromatic rings. The normalized spacial score (nSPS) is 27.4. The average molecular weight is 211 g/mol. The van der Waals surface area contributed by atoms with Gasteiger partial charge in [-0.25, -0.2) is 0 Å². The number of aldehydes is 1. The molecule has 0 radical (unpaired) electrons. The summed E-state index contributed by atoms with van der Waals surface area (Å²) < 4.78 is 13.2. The van der Waals surface area contributed by atoms with Gasteiger partial charge in [-0.05, 0) is 25.0 Å². The van der Waals surface area contributed by atoms with Crippen LogP contribution in [0.25, 0.3) is 0 Å². The Labute approximate surface area is 85.6 Å². The third kappa shape index (κ3) is 1.80. The van der Waals surface area contributed by atoms with E-state index in [0.29, 0.717) is 6.04 Å². The van der Waals surface area contributed by atoms with Crippen molar-refractivity contribution in [2.75, 3.05) is 11.5 Å². The highest BCUT2D eigenvalue weighted by molar-refractivity contribution is 7.85. The molecule has 1 aromatic heterocycles. The Kier molecular flexibility index (Phi) is 2.82. The van der Waals surface area contributed by atoms with E-state index in [4.69, 9.17) is 0 Å². The van der Waals surface area contributed by atoms with Gasteiger partial charge in [0.1, 0.15) is 0 Å². The monoisotopic (exact) mass is 211 g/mol. The summed E-state index contributed by atoms with van der Waals surface area (Å²) in [6.07, 6.45) is 4.65. The summed E-state index contributed by atoms with van der Waals surface area (Å²) >= 11 is 0. The lowest BCUT2D eigenvalue weighted by molar-refractivity contribution is 0.111. The molecule has 0 spiro atoms. The summed E-state index contributed by atoms with van der Waals surface area (Å²) in [5.41, 5.74) is 0.725. The van der Waals surface area contributed by atoms with E-state index >= 15 is 0 Å². The van der Waals surface area contributed by atoms with Gasteiger partial charge in [-0.1, -0.05) is 0 Å². The standard InChI is InChI=1S/C10H13NO2S/c12-8-10-2-1-5-11(10)9-3-6-14(13)7-4-9/h1-2,5,8-9H,3-4,6-7H2. The highest BCUT2D eigenvalue weighted by Gasteiger charge is 2.20. The predicted molar refractivity (Wildman–Crippen MR) is 56.0 cm³/mol. The van der Waals surface area contributed by atoms with Crippen LogP contribution in [0.3, 0.4) is 0 Å². The molecule has 1 fully saturated rings. The van der Waals surface area contributed by atoms with Crippen molar-refractivity contribution in [1.29, 1.82) is 0 Å². The van der Waals surface area contributed by atoms with Gasteiger partial charge in [0.2, 0.25) is 0 Å². The summed E-state index contributed by atoms with van der Waals surface area (Å²) in [6, 6.07) is 4.07. The molecular weight excluding hydrogens is 198 g/mol. The molecule has 2 heterocycles. The van der Waals surface area contributed by atoms with Crippen LogP contribution >= 0.6 is 0 Å². The van der Waals surface area contributed by atoms with Crippen LogP contribution in [0.5, 0.6) is 0 Å². The first kappa shape index (κ1) is 9.65. The summed E-state index contributed by atoms with van der Waals surface area (Å²) in [6.45, 7) is 0. The zero-order valence-electron chi connectivity index (χ0n) is 7.89. The highest BCUT2D eigenvalue weighted by atomic mass is 32.2. The molecule has 4 heteroatoms. The van der Waals surface area contributed by atoms with Gasteiger partial charge in [-0.2, -0.15) is 0 Å². The van der Waals surface area contributed by atoms with Crippen LogP contribution in [-0.2, 0) is 10.8 Å². The van der Waals surface area contributed by atoms with Crippen LogP contribution in [0.2, 0.25) is 0 Å². The Bertz CT molecular complexity index is 349. The lowest BCUT2D eigenvalue weighted by Crippen LogP contribution is -2.22. The fourth-order valence-corrected chi connectivity index (χ4v) is 3.17. The Hall–Kier alpha value is -0.900. The molecular formula is C10H13NO2S. The third-order valence-corrected chi connectivity index (χ3v) is 4.07. The largest absolute Gasteiger partial charge is 0.342 e. The number of hydrogen-bond acceptors (Lipinski definition) is 2. The molecule has 0 N–H and O–H groups in total. The van der Waals surface area contributed by atoms with E-state index in [2.05, 4.69) is 0 Å². The van der Waals surface area contributed by atoms with Crippen molar-refractivity contribution < 1.29 is 9.00 Å². The summed E-state index contributed by atoms with van der Waals surface area (Å²) in [7, 11) is -0.633. The predicted octanol–water partition coefficient (Wildman–Crippen LogP) is 1.38. The van der Waals surface area contributed by atoms with Crippen molar-refractivity contribution in [2.45, 2.75) is 18.9 Å². The quantitative estimate of drug-likeness (QED) is 0.693. The van der Waals surface area contributed by atoms with Crippen molar-refractivity contribution in [2.24, 2.45) is 0 Å². The molecule has 0 atom stereocenters. The Balaban J connectivity index is 2.15. The van der Waals surface area contributed by atoms with Gasteiger partial charge in [0.05, 0.1) is 5.69 Å². The summed E-state index contributed by atoms with van der Waals surface area (Å²) in [4.78, 5) is 10.7. The first-order chi connectivity index (χ1) is 6.81. The average Bonchev–Trinajstić information content (AvgIpc) is 2.67. The van der Waals surface area contributed by atoms with Gasteiger partial charge in [-0.3, -0.25) is 9.00 Å². The maximum absolute atomic E-state index is 11.2. The van der Waals surface area contributed by atoms with Crippen molar-refractivity contribution >= 4 is 17.1 Å². The minimum atomic E-state index is -0.633. The highest BCUT2D eigenvalue weighted by Crippen LogP contribution is 2.23. The van der Waals surface area contributed by atoms with Gasteiger partial charge >= 0.3 is 0 Å². The summed E-state index contributed by atoms with van der Waals surface area (Å²) in [5.74, 6) is 1.53. The third-order valence-electron chi connectivity index (χ3n) is 2.68. The fourth-order valence-electron chi connectivity index (χ4n) is 1.90. The van der Waals surface area contributed by atoms with Crippen molar-refractivity contribution in [1.82, 2.24) is 4.57 Å². The Morgan fingerprint density at radius 1 is 1.43 bits per heavy atom. The van der Waals surface area contributed by atoms with E-state index in [0.717, 1.165) is 36.3 Å². The van der Waals surface area contributed by atoms with E-state index in [1.807, 2.05) is 22.9 Å². The zero-order valence-corrected chi connectivity index (χ0v) is 8.70. The molecule has 2 rings (SSSR count). The zero-order chi connectivity index (χ0) is 9.97. The van der Waals surface area contributed by atoms with Crippen LogP contribution in [-0.4, -0.2) is 26.6 Å². The second-order valence-corrected chi connectivity index (χ2v) is 5.23. The van der Waals surface area contributed by atoms with Gasteiger partial charge in [0.25, 0.3) is 0 Å². The minimum Gasteiger partial charge on any atom is -0.342 e. The molecule has 1 aliphatic heterocycles. The van der Waals surface area contributed by atoms with E-state index < -0.39 is 10.8 Å². The van der Waals surface area contributed by atoms with Crippen molar-refractivity contribution in [3.05, 3.63) is 24.0 Å². The minimum absolute atomic E-state index is 0.364. The van der Waals surface area contributed by atoms with Crippen LogP contribution in [0.1, 0.15) is 29.4 Å². The van der Waals surface area contributed by atoms with E-state index in [1.165, 1.54) is 0 Å². The molecule has 0 saturated carbocycles. The molecule has 0 amide bonds. The Morgan fingerprint density at radius 3 is 2.79 bits per heavy atom. The molecule has 0 bridgehead atoms. The molecule has 76 valence electrons. The van der Waals surface area contributed by atoms with Gasteiger partial charge in [0.15, 0.2) is 6.29 Å². The molecule has 0 unspecified atom stereocenters. The van der Waals surface area contributed by atoms with Crippen LogP contribution in [0.15, 0.2) is 18.3 Å². The molecule has 14 heavy (non-hydrogen) atoms. The van der Waals surface area contributed by atoms with E-state index in [1.54, 1.807) is 0 Å². The van der Waals surface area contributed by atoms with E-state index in [9.17, 15) is 9.00 Å². The smallest absolute Gasteiger partial charge is 0.166 e. The van der Waals surface area contributed by atoms with Crippen molar-refractivity contribution in [3.63, 3.8) is 0 Å². The number of aromatic nitrogens is 1. The Morgan fingerprint density at radius 2 is 2.14 bits per heavy atom. The summed E-state index contributed by atoms with van der Waals surface area (Å²) in [5, 5.41) is 0. The second kappa shape index (κ2) is 4.09. The van der Waals surface area contributed by atoms with Crippen LogP contribution < -0.4 is 0 Å². The van der Waals surface area contributed by atoms with E-state index in [-0.39, 0.29) is 0 Å². The maximum Gasteiger partial charge on any atom is 0.166 e. The number of carbonyl (C=O) groups is 1.